The Hall–Kier alpha value is -1.73. The second-order valence-corrected chi connectivity index (χ2v) is 2.80. The van der Waals surface area contributed by atoms with Crippen molar-refractivity contribution < 1.29 is 4.74 Å². The molecule has 0 aromatic heterocycles. The maximum atomic E-state index is 8.39. The van der Waals surface area contributed by atoms with Crippen LogP contribution in [0.1, 0.15) is 6.42 Å². The highest BCUT2D eigenvalue weighted by Gasteiger charge is 2.00. The monoisotopic (exact) mass is 191 g/mol. The molecular formula is C10H13N3O. The molecule has 0 fully saturated rings. The van der Waals surface area contributed by atoms with Crippen LogP contribution in [0.4, 0.5) is 5.69 Å². The summed E-state index contributed by atoms with van der Waals surface area (Å²) in [5, 5.41) is 9.94. The first-order chi connectivity index (χ1) is 6.77. The zero-order chi connectivity index (χ0) is 10.4. The lowest BCUT2D eigenvalue weighted by atomic mass is 10.3. The molecule has 74 valence electrons. The zero-order valence-corrected chi connectivity index (χ0v) is 8.10. The third-order valence-electron chi connectivity index (χ3n) is 1.87. The molecule has 0 aliphatic rings. The van der Waals surface area contributed by atoms with Crippen molar-refractivity contribution in [1.82, 2.24) is 0 Å². The Morgan fingerprint density at radius 1 is 1.43 bits per heavy atom. The lowest BCUT2D eigenvalue weighted by molar-refractivity contribution is 0.415. The lowest BCUT2D eigenvalue weighted by Crippen LogP contribution is -2.31. The van der Waals surface area contributed by atoms with Gasteiger partial charge in [-0.2, -0.15) is 5.26 Å². The van der Waals surface area contributed by atoms with Gasteiger partial charge in [0.2, 0.25) is 0 Å². The molecule has 1 aromatic rings. The van der Waals surface area contributed by atoms with Crippen molar-refractivity contribution in [1.29, 1.82) is 5.26 Å². The van der Waals surface area contributed by atoms with Gasteiger partial charge in [0.1, 0.15) is 5.75 Å². The number of hydrazine groups is 1. The summed E-state index contributed by atoms with van der Waals surface area (Å²) in [7, 11) is 1.62. The van der Waals surface area contributed by atoms with Gasteiger partial charge in [0, 0.05) is 6.54 Å². The van der Waals surface area contributed by atoms with Gasteiger partial charge in [-0.05, 0) is 24.3 Å². The molecule has 0 saturated heterocycles. The summed E-state index contributed by atoms with van der Waals surface area (Å²) in [4.78, 5) is 0. The van der Waals surface area contributed by atoms with Gasteiger partial charge in [-0.3, -0.25) is 0 Å². The Bertz CT molecular complexity index is 315. The van der Waals surface area contributed by atoms with E-state index in [-0.39, 0.29) is 0 Å². The number of anilines is 1. The Morgan fingerprint density at radius 3 is 2.57 bits per heavy atom. The van der Waals surface area contributed by atoms with E-state index in [1.807, 2.05) is 30.3 Å². The summed E-state index contributed by atoms with van der Waals surface area (Å²) in [5.41, 5.74) is 0.876. The third kappa shape index (κ3) is 2.64. The average molecular weight is 191 g/mol. The Balaban J connectivity index is 2.62. The molecule has 0 heterocycles. The van der Waals surface area contributed by atoms with Crippen LogP contribution in [0.25, 0.3) is 0 Å². The van der Waals surface area contributed by atoms with Crippen molar-refractivity contribution in [3.63, 3.8) is 0 Å². The van der Waals surface area contributed by atoms with Gasteiger partial charge in [0.15, 0.2) is 0 Å². The summed E-state index contributed by atoms with van der Waals surface area (Å²) < 4.78 is 5.02. The minimum absolute atomic E-state index is 0.419. The summed E-state index contributed by atoms with van der Waals surface area (Å²) in [5.74, 6) is 6.51. The van der Waals surface area contributed by atoms with Crippen molar-refractivity contribution >= 4 is 5.69 Å². The first kappa shape index (κ1) is 10.4. The maximum absolute atomic E-state index is 8.39. The van der Waals surface area contributed by atoms with Crippen molar-refractivity contribution in [2.45, 2.75) is 6.42 Å². The number of methoxy groups -OCH3 is 1. The quantitative estimate of drug-likeness (QED) is 0.575. The normalized spacial score (nSPS) is 9.21. The SMILES string of the molecule is COc1ccc(N(N)CCC#N)cc1. The van der Waals surface area contributed by atoms with E-state index >= 15 is 0 Å². The fourth-order valence-corrected chi connectivity index (χ4v) is 1.07. The molecule has 2 N–H and O–H groups in total. The second-order valence-electron chi connectivity index (χ2n) is 2.80. The predicted octanol–water partition coefficient (Wildman–Crippen LogP) is 1.29. The number of benzene rings is 1. The van der Waals surface area contributed by atoms with E-state index in [4.69, 9.17) is 15.8 Å². The molecule has 0 saturated carbocycles. The summed E-state index contributed by atoms with van der Waals surface area (Å²) in [6.45, 7) is 0.531. The van der Waals surface area contributed by atoms with E-state index in [0.717, 1.165) is 11.4 Å². The fourth-order valence-electron chi connectivity index (χ4n) is 1.07. The van der Waals surface area contributed by atoms with E-state index in [2.05, 4.69) is 0 Å². The lowest BCUT2D eigenvalue weighted by Gasteiger charge is -2.16. The van der Waals surface area contributed by atoms with Gasteiger partial charge in [-0.1, -0.05) is 0 Å². The van der Waals surface area contributed by atoms with E-state index in [1.54, 1.807) is 12.1 Å². The van der Waals surface area contributed by atoms with Crippen LogP contribution in [0.15, 0.2) is 24.3 Å². The molecule has 1 aromatic carbocycles. The predicted molar refractivity (Wildman–Crippen MR) is 54.8 cm³/mol. The van der Waals surface area contributed by atoms with Crippen LogP contribution < -0.4 is 15.6 Å². The van der Waals surface area contributed by atoms with Gasteiger partial charge in [-0.15, -0.1) is 0 Å². The first-order valence-corrected chi connectivity index (χ1v) is 4.31. The number of nitrogens with two attached hydrogens (primary N) is 1. The van der Waals surface area contributed by atoms with Crippen LogP contribution in [-0.2, 0) is 0 Å². The molecule has 0 spiro atoms. The highest BCUT2D eigenvalue weighted by atomic mass is 16.5. The molecular weight excluding hydrogens is 178 g/mol. The number of hydrogen-bond donors (Lipinski definition) is 1. The number of rotatable bonds is 4. The van der Waals surface area contributed by atoms with Crippen molar-refractivity contribution in [3.8, 4) is 11.8 Å². The largest absolute Gasteiger partial charge is 0.497 e. The molecule has 0 amide bonds. The minimum atomic E-state index is 0.419. The molecule has 14 heavy (non-hydrogen) atoms. The molecule has 0 radical (unpaired) electrons. The maximum Gasteiger partial charge on any atom is 0.119 e. The topological polar surface area (TPSA) is 62.3 Å². The molecule has 0 aliphatic heterocycles. The van der Waals surface area contributed by atoms with E-state index in [9.17, 15) is 0 Å². The van der Waals surface area contributed by atoms with Gasteiger partial charge in [0.25, 0.3) is 0 Å². The third-order valence-corrected chi connectivity index (χ3v) is 1.87. The molecule has 0 aliphatic carbocycles. The van der Waals surface area contributed by atoms with E-state index in [1.165, 1.54) is 0 Å². The van der Waals surface area contributed by atoms with Gasteiger partial charge in [-0.25, -0.2) is 5.84 Å². The highest BCUT2D eigenvalue weighted by molar-refractivity contribution is 5.47. The van der Waals surface area contributed by atoms with Crippen LogP contribution in [0.5, 0.6) is 5.75 Å². The van der Waals surface area contributed by atoms with Gasteiger partial charge < -0.3 is 9.75 Å². The van der Waals surface area contributed by atoms with Crippen LogP contribution in [0, 0.1) is 11.3 Å². The minimum Gasteiger partial charge on any atom is -0.497 e. The van der Waals surface area contributed by atoms with E-state index in [0.29, 0.717) is 13.0 Å². The van der Waals surface area contributed by atoms with Crippen molar-refractivity contribution in [2.24, 2.45) is 5.84 Å². The van der Waals surface area contributed by atoms with Gasteiger partial charge in [0.05, 0.1) is 25.3 Å². The van der Waals surface area contributed by atoms with Crippen molar-refractivity contribution in [3.05, 3.63) is 24.3 Å². The molecule has 0 atom stereocenters. The van der Waals surface area contributed by atoms with Gasteiger partial charge >= 0.3 is 0 Å². The fraction of sp³-hybridized carbons (Fsp3) is 0.300. The number of nitrogens with zero attached hydrogens (tertiary/aromatic N) is 2. The van der Waals surface area contributed by atoms with Crippen LogP contribution >= 0.6 is 0 Å². The average Bonchev–Trinajstić information content (AvgIpc) is 2.26. The number of hydrogen-bond acceptors (Lipinski definition) is 4. The molecule has 4 nitrogen and oxygen atoms in total. The summed E-state index contributed by atoms with van der Waals surface area (Å²) in [6.07, 6.45) is 0.419. The smallest absolute Gasteiger partial charge is 0.119 e. The number of ether oxygens (including phenoxy) is 1. The molecule has 4 heteroatoms. The molecule has 0 bridgehead atoms. The standard InChI is InChI=1S/C10H13N3O/c1-14-10-5-3-9(4-6-10)13(12)8-2-7-11/h3-6H,2,8,12H2,1H3. The highest BCUT2D eigenvalue weighted by Crippen LogP contribution is 2.16. The molecule has 1 rings (SSSR count). The second kappa shape index (κ2) is 5.10. The Kier molecular flexibility index (Phi) is 3.77. The number of nitriles is 1. The summed E-state index contributed by atoms with van der Waals surface area (Å²) >= 11 is 0. The van der Waals surface area contributed by atoms with E-state index < -0.39 is 0 Å². The molecule has 0 unspecified atom stereocenters. The van der Waals surface area contributed by atoms with Crippen LogP contribution in [0.3, 0.4) is 0 Å². The van der Waals surface area contributed by atoms with Crippen LogP contribution in [0.2, 0.25) is 0 Å². The van der Waals surface area contributed by atoms with Crippen LogP contribution in [-0.4, -0.2) is 13.7 Å². The summed E-state index contributed by atoms with van der Waals surface area (Å²) in [6, 6.07) is 9.43. The van der Waals surface area contributed by atoms with Crippen molar-refractivity contribution in [2.75, 3.05) is 18.7 Å². The Morgan fingerprint density at radius 2 is 2.07 bits per heavy atom. The first-order valence-electron chi connectivity index (χ1n) is 4.31. The Labute approximate surface area is 83.5 Å². The zero-order valence-electron chi connectivity index (χ0n) is 8.10.